The molecule has 5 heteroatoms. The van der Waals surface area contributed by atoms with Crippen LogP contribution in [0, 0.1) is 0 Å². The van der Waals surface area contributed by atoms with Crippen LogP contribution in [0.3, 0.4) is 0 Å². The number of aryl methyl sites for hydroxylation is 1. The van der Waals surface area contributed by atoms with Crippen molar-refractivity contribution in [3.63, 3.8) is 0 Å². The van der Waals surface area contributed by atoms with Crippen LogP contribution in [-0.4, -0.2) is 22.1 Å². The fraction of sp³-hybridized carbons (Fsp3) is 0.550. The lowest BCUT2D eigenvalue weighted by Gasteiger charge is -2.29. The number of hydrogen-bond donors (Lipinski definition) is 1. The van der Waals surface area contributed by atoms with Gasteiger partial charge in [0.15, 0.2) is 5.82 Å². The lowest BCUT2D eigenvalue weighted by molar-refractivity contribution is -0.121. The maximum Gasteiger partial charge on any atom is 0.227 e. The first-order chi connectivity index (χ1) is 11.8. The van der Waals surface area contributed by atoms with E-state index in [0.29, 0.717) is 24.6 Å². The number of amides is 1. The largest absolute Gasteiger partial charge is 0.354 e. The number of nitrogens with zero attached hydrogens (tertiary/aromatic N) is 2. The van der Waals surface area contributed by atoms with Gasteiger partial charge in [-0.15, -0.1) is 0 Å². The van der Waals surface area contributed by atoms with Crippen LogP contribution in [0.2, 0.25) is 0 Å². The van der Waals surface area contributed by atoms with Crippen molar-refractivity contribution in [1.29, 1.82) is 0 Å². The third kappa shape index (κ3) is 5.69. The summed E-state index contributed by atoms with van der Waals surface area (Å²) in [5.74, 6) is 1.46. The smallest absolute Gasteiger partial charge is 0.227 e. The number of nitrogens with one attached hydrogen (secondary N) is 1. The van der Waals surface area contributed by atoms with Gasteiger partial charge in [-0.25, -0.2) is 0 Å². The van der Waals surface area contributed by atoms with Gasteiger partial charge in [0.25, 0.3) is 0 Å². The van der Waals surface area contributed by atoms with Crippen LogP contribution in [-0.2, 0) is 16.6 Å². The highest BCUT2D eigenvalue weighted by Gasteiger charge is 2.24. The zero-order valence-corrected chi connectivity index (χ0v) is 15.9. The Hall–Kier alpha value is -2.17. The van der Waals surface area contributed by atoms with E-state index in [1.54, 1.807) is 0 Å². The number of rotatable bonds is 8. The molecule has 1 N–H and O–H groups in total. The summed E-state index contributed by atoms with van der Waals surface area (Å²) in [4.78, 5) is 16.5. The molecule has 1 aromatic heterocycles. The Bertz CT molecular complexity index is 677. The Labute approximate surface area is 150 Å². The van der Waals surface area contributed by atoms with Gasteiger partial charge in [0.1, 0.15) is 0 Å². The molecule has 1 heterocycles. The van der Waals surface area contributed by atoms with E-state index in [0.717, 1.165) is 6.42 Å². The van der Waals surface area contributed by atoms with Crippen LogP contribution < -0.4 is 5.32 Å². The van der Waals surface area contributed by atoms with Crippen LogP contribution in [0.15, 0.2) is 34.9 Å². The summed E-state index contributed by atoms with van der Waals surface area (Å²) in [5, 5.41) is 7.00. The van der Waals surface area contributed by atoms with Gasteiger partial charge < -0.3 is 9.84 Å². The van der Waals surface area contributed by atoms with Crippen LogP contribution in [0.5, 0.6) is 0 Å². The van der Waals surface area contributed by atoms with E-state index < -0.39 is 0 Å². The highest BCUT2D eigenvalue weighted by Crippen LogP contribution is 2.28. The lowest BCUT2D eigenvalue weighted by Crippen LogP contribution is -2.37. The molecule has 0 bridgehead atoms. The van der Waals surface area contributed by atoms with Gasteiger partial charge >= 0.3 is 0 Å². The molecule has 5 nitrogen and oxygen atoms in total. The first-order valence-corrected chi connectivity index (χ1v) is 8.95. The molecule has 0 aliphatic heterocycles. The van der Waals surface area contributed by atoms with Crippen LogP contribution >= 0.6 is 0 Å². The van der Waals surface area contributed by atoms with Gasteiger partial charge in [-0.05, 0) is 24.3 Å². The molecule has 136 valence electrons. The number of aromatic nitrogens is 2. The Morgan fingerprint density at radius 2 is 1.88 bits per heavy atom. The molecule has 1 aromatic carbocycles. The molecule has 1 atom stereocenters. The van der Waals surface area contributed by atoms with E-state index in [-0.39, 0.29) is 23.3 Å². The molecule has 0 radical (unpaired) electrons. The van der Waals surface area contributed by atoms with Crippen molar-refractivity contribution < 1.29 is 9.32 Å². The van der Waals surface area contributed by atoms with Gasteiger partial charge in [0.05, 0.1) is 0 Å². The molecule has 0 fully saturated rings. The van der Waals surface area contributed by atoms with Crippen LogP contribution in [0.1, 0.15) is 70.7 Å². The van der Waals surface area contributed by atoms with Gasteiger partial charge in [-0.3, -0.25) is 4.79 Å². The molecule has 25 heavy (non-hydrogen) atoms. The second kappa shape index (κ2) is 8.28. The molecule has 2 aromatic rings. The van der Waals surface area contributed by atoms with E-state index in [2.05, 4.69) is 53.6 Å². The lowest BCUT2D eigenvalue weighted by atomic mass is 9.79. The summed E-state index contributed by atoms with van der Waals surface area (Å²) < 4.78 is 5.18. The van der Waals surface area contributed by atoms with Crippen LogP contribution in [0.25, 0.3) is 0 Å². The average Bonchev–Trinajstić information content (AvgIpc) is 3.02. The number of carbonyl (C=O) groups is 1. The van der Waals surface area contributed by atoms with Crippen LogP contribution in [0.4, 0.5) is 0 Å². The number of carbonyl (C=O) groups excluding carboxylic acids is 1. The minimum Gasteiger partial charge on any atom is -0.354 e. The molecule has 0 unspecified atom stereocenters. The van der Waals surface area contributed by atoms with E-state index in [1.165, 1.54) is 5.56 Å². The standard InChI is InChI=1S/C20H29N3O2/c1-14(2)19-22-18(25-23-19)12-11-17(24)21-15(3)13-20(4,5)16-9-7-6-8-10-16/h6-10,14-15H,11-13H2,1-5H3,(H,21,24)/t15-/m1/s1. The Kier molecular flexibility index (Phi) is 6.34. The SMILES string of the molecule is CC(C)c1noc(CCC(=O)N[C@H](C)CC(C)(C)c2ccccc2)n1. The topological polar surface area (TPSA) is 68.0 Å². The monoisotopic (exact) mass is 343 g/mol. The molecule has 0 aliphatic rings. The third-order valence-electron chi connectivity index (χ3n) is 4.35. The van der Waals surface area contributed by atoms with E-state index >= 15 is 0 Å². The maximum atomic E-state index is 12.2. The van der Waals surface area contributed by atoms with E-state index in [1.807, 2.05) is 26.8 Å². The van der Waals surface area contributed by atoms with Gasteiger partial charge in [-0.1, -0.05) is 63.2 Å². The summed E-state index contributed by atoms with van der Waals surface area (Å²) in [7, 11) is 0. The molecule has 0 saturated heterocycles. The highest BCUT2D eigenvalue weighted by atomic mass is 16.5. The van der Waals surface area contributed by atoms with Gasteiger partial charge in [-0.2, -0.15) is 4.98 Å². The zero-order valence-electron chi connectivity index (χ0n) is 15.9. The third-order valence-corrected chi connectivity index (χ3v) is 4.35. The van der Waals surface area contributed by atoms with Gasteiger partial charge in [0.2, 0.25) is 11.8 Å². The van der Waals surface area contributed by atoms with Gasteiger partial charge in [0, 0.05) is 24.8 Å². The maximum absolute atomic E-state index is 12.2. The molecule has 0 saturated carbocycles. The molecule has 0 spiro atoms. The van der Waals surface area contributed by atoms with Crippen molar-refractivity contribution >= 4 is 5.91 Å². The molecule has 0 aliphatic carbocycles. The second-order valence-corrected chi connectivity index (χ2v) is 7.62. The van der Waals surface area contributed by atoms with E-state index in [4.69, 9.17) is 4.52 Å². The molecular formula is C20H29N3O2. The fourth-order valence-electron chi connectivity index (χ4n) is 3.00. The summed E-state index contributed by atoms with van der Waals surface area (Å²) in [5.41, 5.74) is 1.29. The summed E-state index contributed by atoms with van der Waals surface area (Å²) >= 11 is 0. The molecule has 1 amide bonds. The summed E-state index contributed by atoms with van der Waals surface area (Å²) in [6.07, 6.45) is 1.71. The van der Waals surface area contributed by atoms with Crippen molar-refractivity contribution in [2.24, 2.45) is 0 Å². The Balaban J connectivity index is 1.81. The first kappa shape index (κ1) is 19.2. The molecule has 2 rings (SSSR count). The van der Waals surface area contributed by atoms with Crippen molar-refractivity contribution in [3.8, 4) is 0 Å². The predicted octanol–water partition coefficient (Wildman–Crippen LogP) is 4.00. The zero-order chi connectivity index (χ0) is 18.4. The number of hydrogen-bond acceptors (Lipinski definition) is 4. The van der Waals surface area contributed by atoms with Crippen molar-refractivity contribution in [3.05, 3.63) is 47.6 Å². The minimum absolute atomic E-state index is 0.00656. The normalized spacial score (nSPS) is 13.0. The average molecular weight is 343 g/mol. The van der Waals surface area contributed by atoms with Crippen molar-refractivity contribution in [1.82, 2.24) is 15.5 Å². The Morgan fingerprint density at radius 3 is 2.48 bits per heavy atom. The Morgan fingerprint density at radius 1 is 1.20 bits per heavy atom. The van der Waals surface area contributed by atoms with E-state index in [9.17, 15) is 4.79 Å². The molecular weight excluding hydrogens is 314 g/mol. The second-order valence-electron chi connectivity index (χ2n) is 7.62. The summed E-state index contributed by atoms with van der Waals surface area (Å²) in [6.45, 7) is 10.5. The van der Waals surface area contributed by atoms with Crippen molar-refractivity contribution in [2.75, 3.05) is 0 Å². The quantitative estimate of drug-likeness (QED) is 0.786. The fourth-order valence-corrected chi connectivity index (χ4v) is 3.00. The number of benzene rings is 1. The predicted molar refractivity (Wildman–Crippen MR) is 98.4 cm³/mol. The summed E-state index contributed by atoms with van der Waals surface area (Å²) in [6, 6.07) is 10.5. The van der Waals surface area contributed by atoms with Crippen molar-refractivity contribution in [2.45, 2.75) is 71.3 Å². The first-order valence-electron chi connectivity index (χ1n) is 8.95. The minimum atomic E-state index is 0.00656. The highest BCUT2D eigenvalue weighted by molar-refractivity contribution is 5.76.